The summed E-state index contributed by atoms with van der Waals surface area (Å²) in [5.41, 5.74) is 0. The summed E-state index contributed by atoms with van der Waals surface area (Å²) in [4.78, 5) is 0. The molecular weight excluding hydrogens is 184 g/mol. The molecule has 15 heavy (non-hydrogen) atoms. The molecule has 0 fully saturated rings. The molecule has 1 unspecified atom stereocenters. The van der Waals surface area contributed by atoms with Crippen LogP contribution >= 0.6 is 0 Å². The lowest BCUT2D eigenvalue weighted by molar-refractivity contribution is 0.329. The highest BCUT2D eigenvalue weighted by Crippen LogP contribution is 2.19. The van der Waals surface area contributed by atoms with Crippen LogP contribution in [0.5, 0.6) is 0 Å². The molecule has 0 aromatic heterocycles. The minimum absolute atomic E-state index is 0.562. The van der Waals surface area contributed by atoms with Crippen molar-refractivity contribution in [3.8, 4) is 11.8 Å². The molecule has 0 aromatic rings. The zero-order valence-electron chi connectivity index (χ0n) is 8.86. The number of ether oxygens (including phenoxy) is 1. The van der Waals surface area contributed by atoms with Crippen molar-refractivity contribution in [1.29, 1.82) is 0 Å². The lowest BCUT2D eigenvalue weighted by Crippen LogP contribution is -1.98. The van der Waals surface area contributed by atoms with Crippen LogP contribution in [0.4, 0.5) is 0 Å². The van der Waals surface area contributed by atoms with Crippen LogP contribution in [0.15, 0.2) is 48.0 Å². The van der Waals surface area contributed by atoms with Gasteiger partial charge >= 0.3 is 0 Å². The summed E-state index contributed by atoms with van der Waals surface area (Å²) < 4.78 is 5.73. The van der Waals surface area contributed by atoms with Crippen molar-refractivity contribution in [2.45, 2.75) is 19.8 Å². The van der Waals surface area contributed by atoms with E-state index < -0.39 is 0 Å². The van der Waals surface area contributed by atoms with Crippen LogP contribution in [-0.2, 0) is 4.74 Å². The largest absolute Gasteiger partial charge is 0.457 e. The van der Waals surface area contributed by atoms with E-state index in [1.807, 2.05) is 24.3 Å². The Morgan fingerprint density at radius 3 is 3.00 bits per heavy atom. The molecule has 76 valence electrons. The summed E-state index contributed by atoms with van der Waals surface area (Å²) in [7, 11) is 0. The van der Waals surface area contributed by atoms with Crippen molar-refractivity contribution in [3.05, 3.63) is 48.0 Å². The second-order valence-corrected chi connectivity index (χ2v) is 3.76. The molecule has 0 amide bonds. The maximum absolute atomic E-state index is 5.73. The molecule has 2 aliphatic rings. The van der Waals surface area contributed by atoms with Gasteiger partial charge in [0.15, 0.2) is 0 Å². The first-order valence-electron chi connectivity index (χ1n) is 5.26. The standard InChI is InChI=1S/C14H14O/c1-12-7-6-10-14(11-12)15-13-8-4-2-3-5-9-13/h4,6,8-12H,2,7H2,1H3. The van der Waals surface area contributed by atoms with Crippen molar-refractivity contribution < 1.29 is 4.74 Å². The van der Waals surface area contributed by atoms with Gasteiger partial charge in [-0.2, -0.15) is 0 Å². The monoisotopic (exact) mass is 198 g/mol. The van der Waals surface area contributed by atoms with E-state index in [2.05, 4.69) is 30.9 Å². The van der Waals surface area contributed by atoms with E-state index in [9.17, 15) is 0 Å². The lowest BCUT2D eigenvalue weighted by atomic mass is 10.0. The molecule has 1 nitrogen and oxygen atoms in total. The Morgan fingerprint density at radius 1 is 1.27 bits per heavy atom. The van der Waals surface area contributed by atoms with Crippen molar-refractivity contribution in [3.63, 3.8) is 0 Å². The van der Waals surface area contributed by atoms with Gasteiger partial charge in [0, 0.05) is 12.5 Å². The molecule has 0 saturated carbocycles. The minimum Gasteiger partial charge on any atom is -0.457 e. The molecule has 0 bridgehead atoms. The Balaban J connectivity index is 2.06. The lowest BCUT2D eigenvalue weighted by Gasteiger charge is -2.13. The van der Waals surface area contributed by atoms with Gasteiger partial charge in [0.25, 0.3) is 0 Å². The summed E-state index contributed by atoms with van der Waals surface area (Å²) in [6.07, 6.45) is 14.0. The summed E-state index contributed by atoms with van der Waals surface area (Å²) in [6.45, 7) is 2.18. The topological polar surface area (TPSA) is 9.23 Å². The summed E-state index contributed by atoms with van der Waals surface area (Å²) in [6, 6.07) is 0. The van der Waals surface area contributed by atoms with Gasteiger partial charge < -0.3 is 4.74 Å². The summed E-state index contributed by atoms with van der Waals surface area (Å²) >= 11 is 0. The fourth-order valence-corrected chi connectivity index (χ4v) is 1.53. The molecule has 0 saturated heterocycles. The maximum Gasteiger partial charge on any atom is 0.135 e. The van der Waals surface area contributed by atoms with Crippen LogP contribution < -0.4 is 0 Å². The van der Waals surface area contributed by atoms with Gasteiger partial charge in [-0.05, 0) is 30.6 Å². The predicted octanol–water partition coefficient (Wildman–Crippen LogP) is 3.33. The van der Waals surface area contributed by atoms with Crippen LogP contribution in [-0.4, -0.2) is 0 Å². The van der Waals surface area contributed by atoms with E-state index in [1.54, 1.807) is 0 Å². The van der Waals surface area contributed by atoms with Crippen LogP contribution in [0.1, 0.15) is 19.8 Å². The van der Waals surface area contributed by atoms with Gasteiger partial charge in [-0.15, -0.1) is 0 Å². The van der Waals surface area contributed by atoms with Gasteiger partial charge in [-0.25, -0.2) is 0 Å². The number of rotatable bonds is 2. The Bertz CT molecular complexity index is 410. The summed E-state index contributed by atoms with van der Waals surface area (Å²) in [5, 5.41) is 0. The molecule has 2 rings (SSSR count). The van der Waals surface area contributed by atoms with Crippen molar-refractivity contribution in [1.82, 2.24) is 0 Å². The fraction of sp³-hybridized carbons (Fsp3) is 0.286. The Hall–Kier alpha value is -1.68. The van der Waals surface area contributed by atoms with E-state index in [-0.39, 0.29) is 0 Å². The van der Waals surface area contributed by atoms with Crippen molar-refractivity contribution in [2.75, 3.05) is 0 Å². The molecule has 2 aliphatic carbocycles. The van der Waals surface area contributed by atoms with Gasteiger partial charge in [0.2, 0.25) is 0 Å². The van der Waals surface area contributed by atoms with E-state index in [1.165, 1.54) is 0 Å². The number of hydrogen-bond acceptors (Lipinski definition) is 1. The van der Waals surface area contributed by atoms with Gasteiger partial charge in [-0.3, -0.25) is 0 Å². The molecule has 0 aliphatic heterocycles. The Kier molecular flexibility index (Phi) is 3.09. The third-order valence-electron chi connectivity index (χ3n) is 2.29. The first kappa shape index (κ1) is 9.86. The SMILES string of the molecule is CC1C=C(OC2=CC#CCC=C2)C=CC1. The first-order chi connectivity index (χ1) is 7.34. The zero-order valence-corrected chi connectivity index (χ0v) is 8.86. The van der Waals surface area contributed by atoms with Crippen LogP contribution in [0.2, 0.25) is 0 Å². The van der Waals surface area contributed by atoms with E-state index >= 15 is 0 Å². The van der Waals surface area contributed by atoms with Gasteiger partial charge in [0.05, 0.1) is 0 Å². The van der Waals surface area contributed by atoms with Crippen LogP contribution in [0.3, 0.4) is 0 Å². The molecule has 0 spiro atoms. The average molecular weight is 198 g/mol. The van der Waals surface area contributed by atoms with E-state index in [4.69, 9.17) is 4.74 Å². The zero-order chi connectivity index (χ0) is 10.5. The quantitative estimate of drug-likeness (QED) is 0.618. The smallest absolute Gasteiger partial charge is 0.135 e. The Morgan fingerprint density at radius 2 is 2.13 bits per heavy atom. The molecule has 0 heterocycles. The van der Waals surface area contributed by atoms with Gasteiger partial charge in [0.1, 0.15) is 11.5 Å². The molecular formula is C14H14O. The summed E-state index contributed by atoms with van der Waals surface area (Å²) in [5.74, 6) is 8.25. The first-order valence-corrected chi connectivity index (χ1v) is 5.26. The van der Waals surface area contributed by atoms with E-state index in [0.717, 1.165) is 24.4 Å². The van der Waals surface area contributed by atoms with Crippen LogP contribution in [0.25, 0.3) is 0 Å². The molecule has 0 aromatic carbocycles. The highest BCUT2D eigenvalue weighted by molar-refractivity contribution is 5.31. The van der Waals surface area contributed by atoms with Crippen molar-refractivity contribution in [2.24, 2.45) is 5.92 Å². The number of allylic oxidation sites excluding steroid dienone is 6. The average Bonchev–Trinajstić information content (AvgIpc) is 2.46. The second kappa shape index (κ2) is 4.70. The van der Waals surface area contributed by atoms with Crippen molar-refractivity contribution >= 4 is 0 Å². The maximum atomic E-state index is 5.73. The molecule has 1 atom stereocenters. The van der Waals surface area contributed by atoms with E-state index in [0.29, 0.717) is 5.92 Å². The highest BCUT2D eigenvalue weighted by Gasteiger charge is 2.06. The fourth-order valence-electron chi connectivity index (χ4n) is 1.53. The highest BCUT2D eigenvalue weighted by atomic mass is 16.5. The third kappa shape index (κ3) is 2.89. The second-order valence-electron chi connectivity index (χ2n) is 3.76. The normalized spacial score (nSPS) is 23.4. The minimum atomic E-state index is 0.562. The predicted molar refractivity (Wildman–Crippen MR) is 61.7 cm³/mol. The van der Waals surface area contributed by atoms with Crippen LogP contribution in [0, 0.1) is 17.8 Å². The molecule has 0 radical (unpaired) electrons. The molecule has 0 N–H and O–H groups in total. The number of hydrogen-bond donors (Lipinski definition) is 0. The Labute approximate surface area is 90.8 Å². The van der Waals surface area contributed by atoms with Gasteiger partial charge in [-0.1, -0.05) is 30.9 Å². The molecule has 1 heteroatoms. The third-order valence-corrected chi connectivity index (χ3v) is 2.29.